The highest BCUT2D eigenvalue weighted by Crippen LogP contribution is 2.29. The molecule has 0 aliphatic heterocycles. The summed E-state index contributed by atoms with van der Waals surface area (Å²) >= 11 is 0. The first-order valence-corrected chi connectivity index (χ1v) is 8.41. The molecule has 1 aromatic heterocycles. The number of carbonyl (C=O) groups is 1. The molecule has 0 fully saturated rings. The van der Waals surface area contributed by atoms with Crippen LogP contribution in [0.5, 0.6) is 0 Å². The molecule has 1 heterocycles. The summed E-state index contributed by atoms with van der Waals surface area (Å²) in [7, 11) is 0. The first-order chi connectivity index (χ1) is 12.1. The molecule has 0 bridgehead atoms. The van der Waals surface area contributed by atoms with Gasteiger partial charge in [0.2, 0.25) is 0 Å². The van der Waals surface area contributed by atoms with Crippen LogP contribution >= 0.6 is 0 Å². The van der Waals surface area contributed by atoms with E-state index in [4.69, 9.17) is 9.72 Å². The van der Waals surface area contributed by atoms with Crippen molar-refractivity contribution in [3.05, 3.63) is 77.5 Å². The van der Waals surface area contributed by atoms with Crippen molar-refractivity contribution in [2.45, 2.75) is 20.8 Å². The minimum atomic E-state index is -0.292. The molecule has 0 radical (unpaired) electrons. The van der Waals surface area contributed by atoms with Crippen molar-refractivity contribution >= 4 is 5.97 Å². The number of benzene rings is 2. The Balaban J connectivity index is 1.96. The Hall–Kier alpha value is -2.94. The molecule has 0 saturated carbocycles. The molecule has 0 spiro atoms. The predicted molar refractivity (Wildman–Crippen MR) is 101 cm³/mol. The third kappa shape index (κ3) is 3.61. The zero-order valence-electron chi connectivity index (χ0n) is 14.7. The predicted octanol–water partition coefficient (Wildman–Crippen LogP) is 5.21. The van der Waals surface area contributed by atoms with Gasteiger partial charge in [-0.1, -0.05) is 42.5 Å². The molecule has 0 aliphatic rings. The standard InChI is InChI=1S/C22H21NO2/c1-4-25-22(24)19-12-10-17(11-13-19)20-14-15(2)21(23-16(20)3)18-8-6-5-7-9-18/h5-14H,4H2,1-3H3. The van der Waals surface area contributed by atoms with Crippen LogP contribution in [0.15, 0.2) is 60.7 Å². The summed E-state index contributed by atoms with van der Waals surface area (Å²) in [6.07, 6.45) is 0. The zero-order chi connectivity index (χ0) is 17.8. The van der Waals surface area contributed by atoms with Crippen molar-refractivity contribution in [2.75, 3.05) is 6.61 Å². The topological polar surface area (TPSA) is 39.2 Å². The molecule has 3 heteroatoms. The van der Waals surface area contributed by atoms with Crippen molar-refractivity contribution in [3.8, 4) is 22.4 Å². The van der Waals surface area contributed by atoms with E-state index in [0.717, 1.165) is 33.6 Å². The van der Waals surface area contributed by atoms with Gasteiger partial charge in [0, 0.05) is 16.8 Å². The summed E-state index contributed by atoms with van der Waals surface area (Å²) in [6.45, 7) is 6.27. The van der Waals surface area contributed by atoms with Crippen LogP contribution in [-0.2, 0) is 4.74 Å². The van der Waals surface area contributed by atoms with Gasteiger partial charge in [0.15, 0.2) is 0 Å². The Morgan fingerprint density at radius 1 is 0.960 bits per heavy atom. The van der Waals surface area contributed by atoms with E-state index in [1.165, 1.54) is 0 Å². The summed E-state index contributed by atoms with van der Waals surface area (Å²) < 4.78 is 5.03. The first kappa shape index (κ1) is 16.9. The maximum atomic E-state index is 11.8. The Labute approximate surface area is 148 Å². The van der Waals surface area contributed by atoms with Crippen molar-refractivity contribution in [1.82, 2.24) is 4.98 Å². The fourth-order valence-corrected chi connectivity index (χ4v) is 2.89. The number of hydrogen-bond acceptors (Lipinski definition) is 3. The second-order valence-corrected chi connectivity index (χ2v) is 5.95. The highest BCUT2D eigenvalue weighted by atomic mass is 16.5. The highest BCUT2D eigenvalue weighted by Gasteiger charge is 2.11. The third-order valence-corrected chi connectivity index (χ3v) is 4.16. The van der Waals surface area contributed by atoms with Crippen molar-refractivity contribution in [1.29, 1.82) is 0 Å². The van der Waals surface area contributed by atoms with Crippen LogP contribution in [0, 0.1) is 13.8 Å². The van der Waals surface area contributed by atoms with E-state index >= 15 is 0 Å². The minimum Gasteiger partial charge on any atom is -0.462 e. The maximum Gasteiger partial charge on any atom is 0.338 e. The van der Waals surface area contributed by atoms with Crippen LogP contribution in [0.25, 0.3) is 22.4 Å². The van der Waals surface area contributed by atoms with Gasteiger partial charge >= 0.3 is 5.97 Å². The molecule has 25 heavy (non-hydrogen) atoms. The third-order valence-electron chi connectivity index (χ3n) is 4.16. The lowest BCUT2D eigenvalue weighted by Gasteiger charge is -2.12. The van der Waals surface area contributed by atoms with Gasteiger partial charge in [-0.05, 0) is 50.1 Å². The van der Waals surface area contributed by atoms with Gasteiger partial charge in [-0.25, -0.2) is 4.79 Å². The molecule has 2 aromatic carbocycles. The summed E-state index contributed by atoms with van der Waals surface area (Å²) in [5.41, 5.74) is 6.90. The maximum absolute atomic E-state index is 11.8. The molecule has 0 atom stereocenters. The second kappa shape index (κ2) is 7.31. The number of carbonyl (C=O) groups excluding carboxylic acids is 1. The van der Waals surface area contributed by atoms with Crippen LogP contribution in [0.3, 0.4) is 0 Å². The molecule has 3 rings (SSSR count). The van der Waals surface area contributed by atoms with Gasteiger partial charge in [-0.2, -0.15) is 0 Å². The van der Waals surface area contributed by atoms with Crippen LogP contribution in [0.4, 0.5) is 0 Å². The van der Waals surface area contributed by atoms with Crippen LogP contribution in [0.2, 0.25) is 0 Å². The van der Waals surface area contributed by atoms with Gasteiger partial charge in [-0.3, -0.25) is 4.98 Å². The molecule has 3 nitrogen and oxygen atoms in total. The molecular weight excluding hydrogens is 310 g/mol. The SMILES string of the molecule is CCOC(=O)c1ccc(-c2cc(C)c(-c3ccccc3)nc2C)cc1. The van der Waals surface area contributed by atoms with Gasteiger partial charge in [0.1, 0.15) is 0 Å². The van der Waals surface area contributed by atoms with E-state index in [0.29, 0.717) is 12.2 Å². The Bertz CT molecular complexity index is 884. The quantitative estimate of drug-likeness (QED) is 0.616. The Kier molecular flexibility index (Phi) is 4.94. The molecule has 0 saturated heterocycles. The summed E-state index contributed by atoms with van der Waals surface area (Å²) in [6, 6.07) is 19.8. The molecule has 126 valence electrons. The number of rotatable bonds is 4. The summed E-state index contributed by atoms with van der Waals surface area (Å²) in [4.78, 5) is 16.6. The molecule has 0 amide bonds. The number of nitrogens with zero attached hydrogens (tertiary/aromatic N) is 1. The number of aryl methyl sites for hydroxylation is 2. The van der Waals surface area contributed by atoms with Gasteiger partial charge < -0.3 is 4.74 Å². The molecule has 0 N–H and O–H groups in total. The van der Waals surface area contributed by atoms with E-state index in [-0.39, 0.29) is 5.97 Å². The average Bonchev–Trinajstić information content (AvgIpc) is 2.64. The van der Waals surface area contributed by atoms with Gasteiger partial charge in [-0.15, -0.1) is 0 Å². The first-order valence-electron chi connectivity index (χ1n) is 8.41. The fraction of sp³-hybridized carbons (Fsp3) is 0.182. The number of hydrogen-bond donors (Lipinski definition) is 0. The molecule has 0 aliphatic carbocycles. The smallest absolute Gasteiger partial charge is 0.338 e. The molecular formula is C22H21NO2. The van der Waals surface area contributed by atoms with Crippen molar-refractivity contribution in [2.24, 2.45) is 0 Å². The van der Waals surface area contributed by atoms with E-state index in [2.05, 4.69) is 25.1 Å². The summed E-state index contributed by atoms with van der Waals surface area (Å²) in [5.74, 6) is -0.292. The number of pyridine rings is 1. The highest BCUT2D eigenvalue weighted by molar-refractivity contribution is 5.90. The van der Waals surface area contributed by atoms with Crippen molar-refractivity contribution in [3.63, 3.8) is 0 Å². The van der Waals surface area contributed by atoms with E-state index < -0.39 is 0 Å². The van der Waals surface area contributed by atoms with E-state index in [9.17, 15) is 4.79 Å². The largest absolute Gasteiger partial charge is 0.462 e. The van der Waals surface area contributed by atoms with E-state index in [1.807, 2.05) is 37.3 Å². The minimum absolute atomic E-state index is 0.292. The van der Waals surface area contributed by atoms with Crippen LogP contribution in [0.1, 0.15) is 28.5 Å². The Morgan fingerprint density at radius 3 is 2.28 bits per heavy atom. The monoisotopic (exact) mass is 331 g/mol. The normalized spacial score (nSPS) is 10.5. The number of aromatic nitrogens is 1. The fourth-order valence-electron chi connectivity index (χ4n) is 2.89. The molecule has 3 aromatic rings. The van der Waals surface area contributed by atoms with Crippen LogP contribution < -0.4 is 0 Å². The number of esters is 1. The Morgan fingerprint density at radius 2 is 1.64 bits per heavy atom. The molecule has 0 unspecified atom stereocenters. The summed E-state index contributed by atoms with van der Waals surface area (Å²) in [5, 5.41) is 0. The lowest BCUT2D eigenvalue weighted by Crippen LogP contribution is -2.04. The van der Waals surface area contributed by atoms with Gasteiger partial charge in [0.25, 0.3) is 0 Å². The van der Waals surface area contributed by atoms with Crippen molar-refractivity contribution < 1.29 is 9.53 Å². The van der Waals surface area contributed by atoms with Gasteiger partial charge in [0.05, 0.1) is 17.9 Å². The van der Waals surface area contributed by atoms with Crippen LogP contribution in [-0.4, -0.2) is 17.6 Å². The lowest BCUT2D eigenvalue weighted by atomic mass is 9.98. The average molecular weight is 331 g/mol. The lowest BCUT2D eigenvalue weighted by molar-refractivity contribution is 0.0526. The zero-order valence-corrected chi connectivity index (χ0v) is 14.7. The second-order valence-electron chi connectivity index (χ2n) is 5.95. The number of ether oxygens (including phenoxy) is 1. The van der Waals surface area contributed by atoms with E-state index in [1.54, 1.807) is 19.1 Å².